The van der Waals surface area contributed by atoms with Gasteiger partial charge in [-0.1, -0.05) is 136 Å². The molecule has 0 rings (SSSR count). The van der Waals surface area contributed by atoms with Crippen molar-refractivity contribution in [2.75, 3.05) is 0 Å². The van der Waals surface area contributed by atoms with E-state index in [0.29, 0.717) is 6.42 Å². The Morgan fingerprint density at radius 3 is 1.07 bits per heavy atom. The van der Waals surface area contributed by atoms with Crippen molar-refractivity contribution in [2.24, 2.45) is 0 Å². The van der Waals surface area contributed by atoms with Crippen molar-refractivity contribution in [2.45, 2.75) is 149 Å². The van der Waals surface area contributed by atoms with E-state index in [-0.39, 0.29) is 19.5 Å². The zero-order chi connectivity index (χ0) is 22.6. The van der Waals surface area contributed by atoms with Gasteiger partial charge in [0.25, 0.3) is 0 Å². The second-order valence-electron chi connectivity index (χ2n) is 10.7. The van der Waals surface area contributed by atoms with Gasteiger partial charge in [0, 0.05) is 25.9 Å². The number of nitrogens with one attached hydrogen (secondary N) is 1. The van der Waals surface area contributed by atoms with E-state index in [1.54, 1.807) is 0 Å². The molecule has 0 amide bonds. The Hall–Kier alpha value is 0.487. The van der Waals surface area contributed by atoms with Crippen LogP contribution in [-0.4, -0.2) is 27.5 Å². The van der Waals surface area contributed by atoms with Crippen LogP contribution in [0.1, 0.15) is 110 Å². The summed E-state index contributed by atoms with van der Waals surface area (Å²) in [6.45, 7) is 16.4. The van der Waals surface area contributed by atoms with Crippen molar-refractivity contribution < 1.29 is 29.4 Å². The van der Waals surface area contributed by atoms with Gasteiger partial charge >= 0.3 is 5.97 Å². The Bertz CT molecular complexity index is 357. The molecule has 0 aromatic rings. The number of hydrogen-bond donors (Lipinski definition) is 2. The molecule has 3 nitrogen and oxygen atoms in total. The largest absolute Gasteiger partial charge is 0.481 e. The molecule has 178 valence electrons. The average molecular weight is 511 g/mol. The summed E-state index contributed by atoms with van der Waals surface area (Å²) < 4.78 is 3.74. The first kappa shape index (κ1) is 35.1. The fourth-order valence-corrected chi connectivity index (χ4v) is 12.8. The number of unbranched alkanes of at least 4 members (excludes halogenated alkanes) is 14. The summed E-state index contributed by atoms with van der Waals surface area (Å²) in [6, 6.07) is 0. The SMILES string of the molecule is CCCCCCCCCCCCCCCCCC(=O)O.C[Si](C)(C)N[Si](C)(C)C.[Zn]. The van der Waals surface area contributed by atoms with E-state index in [1.807, 2.05) is 0 Å². The molecule has 0 bridgehead atoms. The Morgan fingerprint density at radius 1 is 0.600 bits per heavy atom. The molecule has 0 fully saturated rings. The van der Waals surface area contributed by atoms with Gasteiger partial charge in [-0.2, -0.15) is 0 Å². The van der Waals surface area contributed by atoms with E-state index in [9.17, 15) is 4.79 Å². The number of hydrogen-bond acceptors (Lipinski definition) is 2. The molecule has 0 saturated carbocycles. The van der Waals surface area contributed by atoms with Gasteiger partial charge < -0.3 is 9.75 Å². The van der Waals surface area contributed by atoms with E-state index < -0.39 is 22.4 Å². The van der Waals surface area contributed by atoms with Gasteiger partial charge in [-0.3, -0.25) is 4.79 Å². The normalized spacial score (nSPS) is 11.4. The molecule has 0 radical (unpaired) electrons. The molecular formula is C24H55NO2Si2Zn. The number of rotatable bonds is 18. The van der Waals surface area contributed by atoms with Crippen LogP contribution >= 0.6 is 0 Å². The Labute approximate surface area is 204 Å². The van der Waals surface area contributed by atoms with E-state index in [1.165, 1.54) is 83.5 Å². The fourth-order valence-electron chi connectivity index (χ4n) is 3.77. The molecular weight excluding hydrogens is 456 g/mol. The van der Waals surface area contributed by atoms with E-state index in [4.69, 9.17) is 5.11 Å². The van der Waals surface area contributed by atoms with Crippen LogP contribution in [0.2, 0.25) is 39.3 Å². The van der Waals surface area contributed by atoms with Crippen LogP contribution in [-0.2, 0) is 24.3 Å². The van der Waals surface area contributed by atoms with Crippen LogP contribution in [0.3, 0.4) is 0 Å². The molecule has 6 heteroatoms. The minimum Gasteiger partial charge on any atom is -0.481 e. The van der Waals surface area contributed by atoms with Gasteiger partial charge in [-0.25, -0.2) is 0 Å². The second kappa shape index (κ2) is 22.7. The van der Waals surface area contributed by atoms with Crippen LogP contribution in [0.25, 0.3) is 0 Å². The number of carboxylic acids is 1. The summed E-state index contributed by atoms with van der Waals surface area (Å²) in [5, 5.41) is 8.52. The van der Waals surface area contributed by atoms with Crippen molar-refractivity contribution in [3.63, 3.8) is 0 Å². The van der Waals surface area contributed by atoms with Crippen molar-refractivity contribution in [3.8, 4) is 0 Å². The standard InChI is InChI=1S/C18H36O2.C6H19NSi2.Zn/c1-2-3-4-5-6-7-8-9-10-11-12-13-14-15-16-17-18(19)20;1-8(2,3)7-9(4,5)6;/h2-17H2,1H3,(H,19,20);7H,1-6H3;. The van der Waals surface area contributed by atoms with Gasteiger partial charge in [0.15, 0.2) is 0 Å². The van der Waals surface area contributed by atoms with E-state index >= 15 is 0 Å². The van der Waals surface area contributed by atoms with Crippen LogP contribution in [0.4, 0.5) is 0 Å². The maximum atomic E-state index is 10.3. The smallest absolute Gasteiger partial charge is 0.303 e. The fraction of sp³-hybridized carbons (Fsp3) is 0.958. The zero-order valence-corrected chi connectivity index (χ0v) is 26.8. The van der Waals surface area contributed by atoms with Crippen LogP contribution in [0.5, 0.6) is 0 Å². The summed E-state index contributed by atoms with van der Waals surface area (Å²) in [7, 11) is -1.96. The maximum absolute atomic E-state index is 10.3. The minimum atomic E-state index is -0.981. The number of aliphatic carboxylic acids is 1. The van der Waals surface area contributed by atoms with E-state index in [0.717, 1.165) is 12.8 Å². The van der Waals surface area contributed by atoms with Gasteiger partial charge in [-0.15, -0.1) is 0 Å². The second-order valence-corrected chi connectivity index (χ2v) is 20.7. The van der Waals surface area contributed by atoms with Crippen molar-refractivity contribution in [1.29, 1.82) is 0 Å². The quantitative estimate of drug-likeness (QED) is 0.143. The first-order valence-corrected chi connectivity index (χ1v) is 19.5. The first-order valence-electron chi connectivity index (χ1n) is 12.5. The summed E-state index contributed by atoms with van der Waals surface area (Å²) in [6.07, 6.45) is 20.2. The molecule has 0 saturated heterocycles. The topological polar surface area (TPSA) is 49.3 Å². The molecule has 0 aliphatic carbocycles. The van der Waals surface area contributed by atoms with E-state index in [2.05, 4.69) is 50.9 Å². The summed E-state index contributed by atoms with van der Waals surface area (Å²) >= 11 is 0. The number of carboxylic acid groups (broad SMARTS) is 1. The molecule has 0 aliphatic rings. The van der Waals surface area contributed by atoms with Gasteiger partial charge in [0.05, 0.1) is 0 Å². The minimum absolute atomic E-state index is 0. The third-order valence-electron chi connectivity index (χ3n) is 4.74. The predicted molar refractivity (Wildman–Crippen MR) is 137 cm³/mol. The molecule has 0 unspecified atom stereocenters. The van der Waals surface area contributed by atoms with Crippen molar-refractivity contribution in [1.82, 2.24) is 4.65 Å². The number of carbonyl (C=O) groups is 1. The zero-order valence-electron chi connectivity index (χ0n) is 21.9. The van der Waals surface area contributed by atoms with Gasteiger partial charge in [-0.05, 0) is 6.42 Å². The van der Waals surface area contributed by atoms with Gasteiger partial charge in [0.1, 0.15) is 16.5 Å². The molecule has 0 aromatic carbocycles. The Morgan fingerprint density at radius 2 is 0.867 bits per heavy atom. The summed E-state index contributed by atoms with van der Waals surface area (Å²) in [5.74, 6) is -0.653. The molecule has 0 aromatic heterocycles. The first-order chi connectivity index (χ1) is 13.5. The molecule has 0 spiro atoms. The average Bonchev–Trinajstić information content (AvgIpc) is 2.55. The molecule has 30 heavy (non-hydrogen) atoms. The summed E-state index contributed by atoms with van der Waals surface area (Å²) in [4.78, 5) is 10.3. The van der Waals surface area contributed by atoms with Gasteiger partial charge in [0.2, 0.25) is 0 Å². The summed E-state index contributed by atoms with van der Waals surface area (Å²) in [5.41, 5.74) is 0. The van der Waals surface area contributed by atoms with Crippen molar-refractivity contribution >= 4 is 22.4 Å². The van der Waals surface area contributed by atoms with Crippen LogP contribution in [0, 0.1) is 0 Å². The van der Waals surface area contributed by atoms with Crippen LogP contribution < -0.4 is 4.65 Å². The maximum Gasteiger partial charge on any atom is 0.303 e. The van der Waals surface area contributed by atoms with Crippen LogP contribution in [0.15, 0.2) is 0 Å². The Balaban J connectivity index is -0.000000616. The third kappa shape index (κ3) is 39.0. The molecule has 2 N–H and O–H groups in total. The molecule has 0 heterocycles. The van der Waals surface area contributed by atoms with Crippen molar-refractivity contribution in [3.05, 3.63) is 0 Å². The molecule has 0 atom stereocenters. The Kier molecular flexibility index (Phi) is 26.5. The molecule has 0 aliphatic heterocycles. The predicted octanol–water partition coefficient (Wildman–Crippen LogP) is 8.58. The monoisotopic (exact) mass is 509 g/mol. The third-order valence-corrected chi connectivity index (χ3v) is 10.7.